The molecule has 0 unspecified atom stereocenters. The Morgan fingerprint density at radius 2 is 1.89 bits per heavy atom. The SMILES string of the molecule is COc1cc2ncc(-c3cc(C(=O)NCc4c5ccccc5nn4C)n(C)n3)n2cc1SC(C)(C)C. The zero-order valence-electron chi connectivity index (χ0n) is 21.2. The number of aromatic nitrogens is 6. The number of imidazole rings is 1. The number of hydrogen-bond donors (Lipinski definition) is 1. The summed E-state index contributed by atoms with van der Waals surface area (Å²) in [6, 6.07) is 11.6. The van der Waals surface area contributed by atoms with Crippen molar-refractivity contribution in [3.8, 4) is 17.1 Å². The monoisotopic (exact) mass is 503 g/mol. The minimum atomic E-state index is -0.207. The van der Waals surface area contributed by atoms with Crippen LogP contribution < -0.4 is 10.1 Å². The van der Waals surface area contributed by atoms with Crippen molar-refractivity contribution in [3.63, 3.8) is 0 Å². The van der Waals surface area contributed by atoms with Gasteiger partial charge in [0, 0.05) is 36.5 Å². The van der Waals surface area contributed by atoms with Crippen LogP contribution in [0.5, 0.6) is 5.75 Å². The van der Waals surface area contributed by atoms with Gasteiger partial charge in [-0.1, -0.05) is 39.0 Å². The quantitative estimate of drug-likeness (QED) is 0.344. The molecule has 5 rings (SSSR count). The molecule has 4 aromatic heterocycles. The first-order chi connectivity index (χ1) is 17.1. The van der Waals surface area contributed by atoms with Crippen molar-refractivity contribution < 1.29 is 9.53 Å². The molecule has 1 amide bonds. The molecule has 5 aromatic rings. The van der Waals surface area contributed by atoms with E-state index in [2.05, 4.69) is 41.3 Å². The Morgan fingerprint density at radius 1 is 1.11 bits per heavy atom. The van der Waals surface area contributed by atoms with E-state index in [1.807, 2.05) is 48.0 Å². The number of carbonyl (C=O) groups excluding carboxylic acids is 1. The van der Waals surface area contributed by atoms with Crippen LogP contribution in [-0.2, 0) is 20.6 Å². The van der Waals surface area contributed by atoms with Gasteiger partial charge in [0.1, 0.15) is 22.8 Å². The van der Waals surface area contributed by atoms with Gasteiger partial charge in [-0.2, -0.15) is 10.2 Å². The average Bonchev–Trinajstić information content (AvgIpc) is 3.50. The van der Waals surface area contributed by atoms with Crippen molar-refractivity contribution in [1.82, 2.24) is 34.3 Å². The number of benzene rings is 1. The molecule has 0 atom stereocenters. The van der Waals surface area contributed by atoms with Crippen LogP contribution in [0, 0.1) is 0 Å². The highest BCUT2D eigenvalue weighted by molar-refractivity contribution is 8.00. The van der Waals surface area contributed by atoms with Crippen molar-refractivity contribution in [2.24, 2.45) is 14.1 Å². The molecule has 0 saturated carbocycles. The fourth-order valence-corrected chi connectivity index (χ4v) is 5.27. The van der Waals surface area contributed by atoms with Crippen molar-refractivity contribution in [2.75, 3.05) is 7.11 Å². The Kier molecular flexibility index (Phi) is 5.99. The van der Waals surface area contributed by atoms with Crippen LogP contribution in [0.2, 0.25) is 0 Å². The fourth-order valence-electron chi connectivity index (χ4n) is 4.21. The van der Waals surface area contributed by atoms with E-state index >= 15 is 0 Å². The number of aryl methyl sites for hydroxylation is 2. The highest BCUT2D eigenvalue weighted by atomic mass is 32.2. The van der Waals surface area contributed by atoms with Gasteiger partial charge >= 0.3 is 0 Å². The number of methoxy groups -OCH3 is 1. The Balaban J connectivity index is 1.43. The molecule has 0 spiro atoms. The van der Waals surface area contributed by atoms with Crippen LogP contribution in [0.15, 0.2) is 53.7 Å². The van der Waals surface area contributed by atoms with Gasteiger partial charge in [0.15, 0.2) is 0 Å². The number of carbonyl (C=O) groups is 1. The van der Waals surface area contributed by atoms with Crippen LogP contribution >= 0.6 is 11.8 Å². The highest BCUT2D eigenvalue weighted by Gasteiger charge is 2.21. The first-order valence-electron chi connectivity index (χ1n) is 11.6. The molecule has 4 heterocycles. The highest BCUT2D eigenvalue weighted by Crippen LogP contribution is 2.39. The van der Waals surface area contributed by atoms with E-state index in [9.17, 15) is 4.79 Å². The lowest BCUT2D eigenvalue weighted by Crippen LogP contribution is -2.26. The van der Waals surface area contributed by atoms with Crippen molar-refractivity contribution in [3.05, 3.63) is 60.2 Å². The molecule has 9 nitrogen and oxygen atoms in total. The Hall–Kier alpha value is -3.79. The summed E-state index contributed by atoms with van der Waals surface area (Å²) < 4.78 is 11.0. The van der Waals surface area contributed by atoms with Crippen LogP contribution in [-0.4, -0.2) is 46.7 Å². The molecular formula is C26H29N7O2S. The van der Waals surface area contributed by atoms with Gasteiger partial charge in [0.2, 0.25) is 0 Å². The molecule has 10 heteroatoms. The normalized spacial score (nSPS) is 11.9. The van der Waals surface area contributed by atoms with Gasteiger partial charge in [0.05, 0.1) is 41.7 Å². The summed E-state index contributed by atoms with van der Waals surface area (Å²) in [4.78, 5) is 18.7. The first-order valence-corrected chi connectivity index (χ1v) is 12.4. The molecule has 0 radical (unpaired) electrons. The number of fused-ring (bicyclic) bond motifs is 2. The lowest BCUT2D eigenvalue weighted by Gasteiger charge is -2.19. The molecule has 0 bridgehead atoms. The molecule has 1 aromatic carbocycles. The van der Waals surface area contributed by atoms with Crippen LogP contribution in [0.1, 0.15) is 37.0 Å². The van der Waals surface area contributed by atoms with Crippen LogP contribution in [0.25, 0.3) is 27.9 Å². The van der Waals surface area contributed by atoms with E-state index in [4.69, 9.17) is 4.74 Å². The van der Waals surface area contributed by atoms with Gasteiger partial charge in [-0.15, -0.1) is 11.8 Å². The predicted octanol–water partition coefficient (Wildman–Crippen LogP) is 4.45. The third-order valence-electron chi connectivity index (χ3n) is 5.87. The third-order valence-corrected chi connectivity index (χ3v) is 7.00. The zero-order valence-corrected chi connectivity index (χ0v) is 22.1. The van der Waals surface area contributed by atoms with E-state index in [1.165, 1.54) is 0 Å². The van der Waals surface area contributed by atoms with Gasteiger partial charge in [0.25, 0.3) is 5.91 Å². The standard InChI is InChI=1S/C26H29N7O2S/c1-26(2,3)36-23-15-33-21(14-27-24(33)12-22(23)35-6)18-11-19(31(4)30-18)25(34)28-13-20-16-9-7-8-10-17(16)29-32(20)5/h7-12,14-15H,13H2,1-6H3,(H,28,34). The van der Waals surface area contributed by atoms with Gasteiger partial charge in [-0.3, -0.25) is 18.6 Å². The summed E-state index contributed by atoms with van der Waals surface area (Å²) >= 11 is 1.72. The molecule has 0 fully saturated rings. The van der Waals surface area contributed by atoms with E-state index < -0.39 is 0 Å². The smallest absolute Gasteiger partial charge is 0.269 e. The second kappa shape index (κ2) is 9.02. The number of rotatable bonds is 6. The fraction of sp³-hybridized carbons (Fsp3) is 0.308. The van der Waals surface area contributed by atoms with E-state index in [0.29, 0.717) is 17.9 Å². The summed E-state index contributed by atoms with van der Waals surface area (Å²) in [5, 5.41) is 13.2. The molecule has 186 valence electrons. The van der Waals surface area contributed by atoms with Crippen LogP contribution in [0.4, 0.5) is 0 Å². The maximum atomic E-state index is 13.1. The number of hydrogen-bond acceptors (Lipinski definition) is 6. The topological polar surface area (TPSA) is 91.3 Å². The molecule has 0 aliphatic rings. The van der Waals surface area contributed by atoms with Crippen LogP contribution in [0.3, 0.4) is 0 Å². The van der Waals surface area contributed by atoms with Crippen molar-refractivity contribution in [1.29, 1.82) is 0 Å². The van der Waals surface area contributed by atoms with Crippen molar-refractivity contribution >= 4 is 34.2 Å². The molecule has 36 heavy (non-hydrogen) atoms. The molecular weight excluding hydrogens is 474 g/mol. The van der Waals surface area contributed by atoms with Crippen molar-refractivity contribution in [2.45, 2.75) is 37.0 Å². The Bertz CT molecular complexity index is 1590. The summed E-state index contributed by atoms with van der Waals surface area (Å²) in [5.74, 6) is 0.573. The number of nitrogens with zero attached hydrogens (tertiary/aromatic N) is 6. The number of amides is 1. The second-order valence-electron chi connectivity index (χ2n) is 9.60. The lowest BCUT2D eigenvalue weighted by molar-refractivity contribution is 0.0941. The largest absolute Gasteiger partial charge is 0.495 e. The predicted molar refractivity (Wildman–Crippen MR) is 141 cm³/mol. The maximum Gasteiger partial charge on any atom is 0.269 e. The molecule has 0 saturated heterocycles. The zero-order chi connectivity index (χ0) is 25.6. The number of ether oxygens (including phenoxy) is 1. The maximum absolute atomic E-state index is 13.1. The number of pyridine rings is 1. The Labute approximate surface area is 213 Å². The first kappa shape index (κ1) is 23.9. The average molecular weight is 504 g/mol. The van der Waals surface area contributed by atoms with Gasteiger partial charge in [-0.25, -0.2) is 4.98 Å². The van der Waals surface area contributed by atoms with E-state index in [0.717, 1.165) is 38.6 Å². The summed E-state index contributed by atoms with van der Waals surface area (Å²) in [5.41, 5.74) is 4.53. The lowest BCUT2D eigenvalue weighted by atomic mass is 10.2. The van der Waals surface area contributed by atoms with Gasteiger partial charge in [-0.05, 0) is 12.1 Å². The van der Waals surface area contributed by atoms with E-state index in [-0.39, 0.29) is 10.7 Å². The summed E-state index contributed by atoms with van der Waals surface area (Å²) in [6.07, 6.45) is 3.79. The summed E-state index contributed by atoms with van der Waals surface area (Å²) in [7, 11) is 5.32. The Morgan fingerprint density at radius 3 is 2.64 bits per heavy atom. The molecule has 1 N–H and O–H groups in total. The minimum Gasteiger partial charge on any atom is -0.495 e. The minimum absolute atomic E-state index is 0.0111. The van der Waals surface area contributed by atoms with E-state index in [1.54, 1.807) is 47.5 Å². The molecule has 0 aliphatic carbocycles. The second-order valence-corrected chi connectivity index (χ2v) is 11.5. The summed E-state index contributed by atoms with van der Waals surface area (Å²) in [6.45, 7) is 6.84. The third kappa shape index (κ3) is 4.44. The molecule has 0 aliphatic heterocycles. The number of thioether (sulfide) groups is 1. The van der Waals surface area contributed by atoms with Gasteiger partial charge < -0.3 is 10.1 Å². The number of nitrogens with one attached hydrogen (secondary N) is 1.